The first-order chi connectivity index (χ1) is 17.5. The molecule has 0 aromatic carbocycles. The Balaban J connectivity index is 1.61. The van der Waals surface area contributed by atoms with Crippen LogP contribution in [0.3, 0.4) is 0 Å². The quantitative estimate of drug-likeness (QED) is 0.365. The van der Waals surface area contributed by atoms with Gasteiger partial charge in [-0.15, -0.1) is 22.7 Å². The van der Waals surface area contributed by atoms with Crippen LogP contribution in [0.2, 0.25) is 0 Å². The number of anilines is 1. The summed E-state index contributed by atoms with van der Waals surface area (Å²) in [5, 5.41) is 10.6. The number of hydrogen-bond acceptors (Lipinski definition) is 6. The summed E-state index contributed by atoms with van der Waals surface area (Å²) in [5.74, 6) is 6.13. The molecule has 2 aromatic heterocycles. The van der Waals surface area contributed by atoms with Gasteiger partial charge in [0.15, 0.2) is 0 Å². The predicted molar refractivity (Wildman–Crippen MR) is 155 cm³/mol. The van der Waals surface area contributed by atoms with Gasteiger partial charge in [-0.1, -0.05) is 30.5 Å². The molecule has 1 N–H and O–H groups in total. The van der Waals surface area contributed by atoms with Crippen LogP contribution in [0.4, 0.5) is 5.69 Å². The maximum absolute atomic E-state index is 14.1. The number of aryl methyl sites for hydroxylation is 1. The van der Waals surface area contributed by atoms with Gasteiger partial charge in [-0.05, 0) is 91.0 Å². The number of aromatic carboxylic acids is 1. The van der Waals surface area contributed by atoms with Crippen molar-refractivity contribution < 1.29 is 14.7 Å². The van der Waals surface area contributed by atoms with Crippen LogP contribution >= 0.6 is 34.4 Å². The predicted octanol–water partition coefficient (Wildman–Crippen LogP) is 7.87. The number of amides is 1. The molecule has 0 aliphatic heterocycles. The normalized spacial score (nSPS) is 24.2. The lowest BCUT2D eigenvalue weighted by atomic mass is 9.81. The molecule has 0 saturated heterocycles. The Bertz CT molecular complexity index is 1170. The van der Waals surface area contributed by atoms with Crippen molar-refractivity contribution >= 4 is 52.0 Å². The first-order valence-electron chi connectivity index (χ1n) is 13.3. The molecule has 0 unspecified atom stereocenters. The lowest BCUT2D eigenvalue weighted by molar-refractivity contribution is -0.124. The van der Waals surface area contributed by atoms with E-state index >= 15 is 0 Å². The van der Waals surface area contributed by atoms with Crippen LogP contribution in [0.1, 0.15) is 98.5 Å². The average Bonchev–Trinajstić information content (AvgIpc) is 3.45. The van der Waals surface area contributed by atoms with Crippen molar-refractivity contribution in [2.45, 2.75) is 102 Å². The topological polar surface area (TPSA) is 70.5 Å². The molecule has 1 amide bonds. The minimum atomic E-state index is -0.984. The lowest BCUT2D eigenvalue weighted by Crippen LogP contribution is -2.46. The number of nitrogens with zero attached hydrogens (tertiary/aromatic N) is 2. The smallest absolute Gasteiger partial charge is 0.348 e. The fraction of sp³-hybridized carbons (Fsp3) is 0.621. The van der Waals surface area contributed by atoms with Crippen LogP contribution in [0.25, 0.3) is 0 Å². The molecule has 0 radical (unpaired) electrons. The van der Waals surface area contributed by atoms with E-state index in [2.05, 4.69) is 30.7 Å². The summed E-state index contributed by atoms with van der Waals surface area (Å²) < 4.78 is 1.11. The number of aromatic nitrogens is 1. The number of carboxylic acid groups (broad SMARTS) is 1. The minimum Gasteiger partial charge on any atom is -0.477 e. The highest BCUT2D eigenvalue weighted by Crippen LogP contribution is 2.41. The van der Waals surface area contributed by atoms with E-state index in [1.165, 1.54) is 16.2 Å². The Morgan fingerprint density at radius 1 is 1.08 bits per heavy atom. The maximum Gasteiger partial charge on any atom is 0.348 e. The number of carbonyl (C=O) groups excluding carboxylic acids is 1. The van der Waals surface area contributed by atoms with Crippen molar-refractivity contribution in [2.75, 3.05) is 4.90 Å². The van der Waals surface area contributed by atoms with Crippen molar-refractivity contribution in [1.29, 1.82) is 0 Å². The molecule has 37 heavy (non-hydrogen) atoms. The van der Waals surface area contributed by atoms with E-state index in [0.717, 1.165) is 55.7 Å². The Morgan fingerprint density at radius 3 is 2.32 bits per heavy atom. The summed E-state index contributed by atoms with van der Waals surface area (Å²) in [6, 6.07) is 1.87. The van der Waals surface area contributed by atoms with Crippen molar-refractivity contribution in [1.82, 2.24) is 4.98 Å². The molecular weight excluding hydrogens is 521 g/mol. The Hall–Kier alpha value is -1.82. The van der Waals surface area contributed by atoms with E-state index in [-0.39, 0.29) is 28.2 Å². The largest absolute Gasteiger partial charge is 0.477 e. The number of thiophene rings is 1. The SMILES string of the molecule is Cc1cnc(S[C@H]2CC[C@@H](N(c3cc(C#CC(C)(C)C)sc3C(=O)O)C(=O)[C@H]3CC[C@H](C)CC3)CC2)s1. The zero-order chi connectivity index (χ0) is 26.7. The summed E-state index contributed by atoms with van der Waals surface area (Å²) in [5.41, 5.74) is 0.361. The van der Waals surface area contributed by atoms with Crippen LogP contribution in [0, 0.1) is 36.0 Å². The second kappa shape index (κ2) is 11.9. The number of hydrogen-bond donors (Lipinski definition) is 1. The van der Waals surface area contributed by atoms with Gasteiger partial charge in [-0.2, -0.15) is 0 Å². The molecule has 5 nitrogen and oxygen atoms in total. The number of rotatable bonds is 6. The van der Waals surface area contributed by atoms with Gasteiger partial charge in [0.1, 0.15) is 9.22 Å². The molecule has 2 aliphatic carbocycles. The molecule has 200 valence electrons. The number of thiazole rings is 1. The molecule has 2 aliphatic rings. The highest BCUT2D eigenvalue weighted by molar-refractivity contribution is 8.01. The molecule has 2 aromatic rings. The van der Waals surface area contributed by atoms with Gasteiger partial charge in [0.25, 0.3) is 0 Å². The van der Waals surface area contributed by atoms with Crippen LogP contribution in [0.5, 0.6) is 0 Å². The number of carboxylic acids is 1. The van der Waals surface area contributed by atoms with E-state index in [1.54, 1.807) is 11.3 Å². The van der Waals surface area contributed by atoms with Crippen LogP contribution in [-0.4, -0.2) is 33.3 Å². The fourth-order valence-electron chi connectivity index (χ4n) is 5.18. The number of carbonyl (C=O) groups is 2. The third-order valence-corrected chi connectivity index (χ3v) is 10.6. The average molecular weight is 559 g/mol. The summed E-state index contributed by atoms with van der Waals surface area (Å²) >= 11 is 4.77. The van der Waals surface area contributed by atoms with Gasteiger partial charge >= 0.3 is 5.97 Å². The zero-order valence-electron chi connectivity index (χ0n) is 22.5. The second-order valence-electron chi connectivity index (χ2n) is 11.6. The lowest BCUT2D eigenvalue weighted by Gasteiger charge is -2.39. The highest BCUT2D eigenvalue weighted by atomic mass is 32.2. The molecule has 0 spiro atoms. The fourth-order valence-corrected chi connectivity index (χ4v) is 8.41. The maximum atomic E-state index is 14.1. The van der Waals surface area contributed by atoms with Gasteiger partial charge in [0.05, 0.1) is 10.6 Å². The van der Waals surface area contributed by atoms with E-state index in [4.69, 9.17) is 0 Å². The summed E-state index contributed by atoms with van der Waals surface area (Å²) in [7, 11) is 0. The van der Waals surface area contributed by atoms with Crippen molar-refractivity contribution in [3.63, 3.8) is 0 Å². The third-order valence-electron chi connectivity index (χ3n) is 7.21. The molecule has 8 heteroatoms. The van der Waals surface area contributed by atoms with Crippen molar-refractivity contribution in [2.24, 2.45) is 17.3 Å². The van der Waals surface area contributed by atoms with Crippen LogP contribution in [-0.2, 0) is 4.79 Å². The van der Waals surface area contributed by atoms with E-state index < -0.39 is 5.97 Å². The van der Waals surface area contributed by atoms with E-state index in [0.29, 0.717) is 21.7 Å². The van der Waals surface area contributed by atoms with E-state index in [1.807, 2.05) is 49.7 Å². The Labute approximate surface area is 233 Å². The van der Waals surface area contributed by atoms with Crippen LogP contribution < -0.4 is 4.90 Å². The second-order valence-corrected chi connectivity index (χ2v) is 15.4. The monoisotopic (exact) mass is 558 g/mol. The molecule has 2 fully saturated rings. The van der Waals surface area contributed by atoms with Gasteiger partial charge in [0, 0.05) is 33.7 Å². The van der Waals surface area contributed by atoms with Crippen molar-refractivity contribution in [3.05, 3.63) is 26.9 Å². The van der Waals surface area contributed by atoms with E-state index in [9.17, 15) is 14.7 Å². The molecule has 2 saturated carbocycles. The zero-order valence-corrected chi connectivity index (χ0v) is 25.0. The van der Waals surface area contributed by atoms with Gasteiger partial charge < -0.3 is 10.0 Å². The first-order valence-corrected chi connectivity index (χ1v) is 15.8. The Morgan fingerprint density at radius 2 is 1.76 bits per heavy atom. The molecule has 0 bridgehead atoms. The molecule has 2 heterocycles. The molecule has 0 atom stereocenters. The van der Waals surface area contributed by atoms with Crippen molar-refractivity contribution in [3.8, 4) is 11.8 Å². The van der Waals surface area contributed by atoms with Gasteiger partial charge in [-0.3, -0.25) is 4.79 Å². The highest BCUT2D eigenvalue weighted by Gasteiger charge is 2.37. The summed E-state index contributed by atoms with van der Waals surface area (Å²) in [6.07, 6.45) is 9.52. The summed E-state index contributed by atoms with van der Waals surface area (Å²) in [4.78, 5) is 35.0. The molecule has 4 rings (SSSR count). The standard InChI is InChI=1S/C29H38N2O3S3/c1-18-6-8-20(9-7-18)26(32)31(21-10-12-22(13-11-21)37-28-30-17-19(2)35-28)24-16-23(14-15-29(3,4)5)36-25(24)27(33)34/h16-18,20-22H,6-13H2,1-5H3,(H,33,34)/t18-,20-,21-,22+. The molecular formula is C29H38N2O3S3. The first kappa shape index (κ1) is 28.2. The van der Waals surface area contributed by atoms with Crippen LogP contribution in [0.15, 0.2) is 16.6 Å². The van der Waals surface area contributed by atoms with Gasteiger partial charge in [-0.25, -0.2) is 9.78 Å². The third kappa shape index (κ3) is 7.40. The Kier molecular flexibility index (Phi) is 9.09. The van der Waals surface area contributed by atoms with Gasteiger partial charge in [0.2, 0.25) is 5.91 Å². The number of thioether (sulfide) groups is 1. The minimum absolute atomic E-state index is 0.0119. The summed E-state index contributed by atoms with van der Waals surface area (Å²) in [6.45, 7) is 10.4.